The molecule has 2 heterocycles. The number of aromatic nitrogens is 1. The van der Waals surface area contributed by atoms with Crippen molar-refractivity contribution in [1.29, 1.82) is 0 Å². The van der Waals surface area contributed by atoms with Crippen molar-refractivity contribution in [3.63, 3.8) is 0 Å². The smallest absolute Gasteiger partial charge is 0.263 e. The van der Waals surface area contributed by atoms with Crippen LogP contribution in [0, 0.1) is 0 Å². The fourth-order valence-electron chi connectivity index (χ4n) is 3.56. The van der Waals surface area contributed by atoms with Crippen molar-refractivity contribution in [2.45, 2.75) is 24.3 Å². The molecule has 0 saturated heterocycles. The number of anilines is 1. The van der Waals surface area contributed by atoms with Gasteiger partial charge in [0.05, 0.1) is 37.5 Å². The van der Waals surface area contributed by atoms with E-state index < -0.39 is 10.0 Å². The van der Waals surface area contributed by atoms with Crippen LogP contribution in [0.15, 0.2) is 46.7 Å². The molecule has 0 radical (unpaired) electrons. The van der Waals surface area contributed by atoms with Gasteiger partial charge in [0.1, 0.15) is 5.75 Å². The lowest BCUT2D eigenvalue weighted by molar-refractivity contribution is -0.119. The van der Waals surface area contributed by atoms with E-state index in [0.29, 0.717) is 36.0 Å². The van der Waals surface area contributed by atoms with E-state index in [4.69, 9.17) is 14.2 Å². The first kappa shape index (κ1) is 22.9. The second-order valence-electron chi connectivity index (χ2n) is 7.30. The molecule has 0 aliphatic carbocycles. The fraction of sp³-hybridized carbons (Fsp3) is 0.273. The molecule has 0 fully saturated rings. The largest absolute Gasteiger partial charge is 0.493 e. The van der Waals surface area contributed by atoms with Gasteiger partial charge in [-0.25, -0.2) is 13.4 Å². The maximum atomic E-state index is 12.9. The van der Waals surface area contributed by atoms with Gasteiger partial charge in [-0.1, -0.05) is 0 Å². The Balaban J connectivity index is 1.58. The lowest BCUT2D eigenvalue weighted by Gasteiger charge is -2.26. The third-order valence-electron chi connectivity index (χ3n) is 5.11. The molecule has 9 nitrogen and oxygen atoms in total. The maximum Gasteiger partial charge on any atom is 0.263 e. The minimum absolute atomic E-state index is 0.0287. The van der Waals surface area contributed by atoms with Crippen molar-refractivity contribution in [3.8, 4) is 28.5 Å². The van der Waals surface area contributed by atoms with Gasteiger partial charge in [-0.3, -0.25) is 9.52 Å². The summed E-state index contributed by atoms with van der Waals surface area (Å²) in [5.41, 5.74) is 2.27. The van der Waals surface area contributed by atoms with Crippen LogP contribution in [-0.4, -0.2) is 40.1 Å². The third kappa shape index (κ3) is 4.88. The highest BCUT2D eigenvalue weighted by molar-refractivity contribution is 7.93. The highest BCUT2D eigenvalue weighted by Gasteiger charge is 2.24. The number of carbonyl (C=O) groups is 1. The molecule has 3 aromatic rings. The number of sulfonamides is 1. The number of nitrogens with one attached hydrogen (secondary N) is 2. The van der Waals surface area contributed by atoms with Gasteiger partial charge in [-0.15, -0.1) is 11.3 Å². The molecule has 1 aliphatic rings. The number of benzene rings is 2. The van der Waals surface area contributed by atoms with Gasteiger partial charge >= 0.3 is 0 Å². The highest BCUT2D eigenvalue weighted by Crippen LogP contribution is 2.36. The Kier molecular flexibility index (Phi) is 6.43. The van der Waals surface area contributed by atoms with Gasteiger partial charge < -0.3 is 19.5 Å². The van der Waals surface area contributed by atoms with E-state index >= 15 is 0 Å². The second kappa shape index (κ2) is 9.28. The zero-order valence-corrected chi connectivity index (χ0v) is 19.9. The average molecular weight is 490 g/mol. The number of carbonyl (C=O) groups excluding carboxylic acids is 1. The van der Waals surface area contributed by atoms with Crippen molar-refractivity contribution in [2.24, 2.45) is 0 Å². The van der Waals surface area contributed by atoms with Crippen molar-refractivity contribution >= 4 is 32.4 Å². The summed E-state index contributed by atoms with van der Waals surface area (Å²) in [6.45, 7) is 2.01. The SMILES string of the molecule is COc1ccc(S(=O)(=O)Nc2nc(-c3ccc4c(c3)C(NC(C)=O)CCO4)cs2)cc1OC. The van der Waals surface area contributed by atoms with Gasteiger partial charge in [0.25, 0.3) is 10.0 Å². The summed E-state index contributed by atoms with van der Waals surface area (Å²) in [4.78, 5) is 16.0. The van der Waals surface area contributed by atoms with Crippen LogP contribution < -0.4 is 24.2 Å². The third-order valence-corrected chi connectivity index (χ3v) is 7.34. The molecule has 0 spiro atoms. The molecule has 174 valence electrons. The van der Waals surface area contributed by atoms with Crippen LogP contribution in [0.25, 0.3) is 11.3 Å². The molecular formula is C22H23N3O6S2. The van der Waals surface area contributed by atoms with Crippen LogP contribution >= 0.6 is 11.3 Å². The summed E-state index contributed by atoms with van der Waals surface area (Å²) in [5, 5.41) is 4.94. The summed E-state index contributed by atoms with van der Waals surface area (Å²) in [5.74, 6) is 1.35. The molecule has 2 N–H and O–H groups in total. The zero-order chi connectivity index (χ0) is 23.6. The second-order valence-corrected chi connectivity index (χ2v) is 9.84. The van der Waals surface area contributed by atoms with Crippen molar-refractivity contribution in [1.82, 2.24) is 10.3 Å². The lowest BCUT2D eigenvalue weighted by Crippen LogP contribution is -2.30. The summed E-state index contributed by atoms with van der Waals surface area (Å²) in [6.07, 6.45) is 0.670. The van der Waals surface area contributed by atoms with Crippen LogP contribution in [0.1, 0.15) is 24.9 Å². The molecule has 2 aromatic carbocycles. The number of methoxy groups -OCH3 is 2. The minimum Gasteiger partial charge on any atom is -0.493 e. The molecule has 4 rings (SSSR count). The standard InChI is InChI=1S/C22H23N3O6S2/c1-13(26)23-17-8-9-31-19-6-4-14(10-16(17)19)18-12-32-22(24-18)25-33(27,28)15-5-7-20(29-2)21(11-15)30-3/h4-7,10-12,17H,8-9H2,1-3H3,(H,23,26)(H,24,25). The summed E-state index contributed by atoms with van der Waals surface area (Å²) < 4.78 is 44.3. The van der Waals surface area contributed by atoms with E-state index in [1.807, 2.05) is 18.2 Å². The predicted octanol–water partition coefficient (Wildman–Crippen LogP) is 3.59. The van der Waals surface area contributed by atoms with Gasteiger partial charge in [-0.2, -0.15) is 0 Å². The molecule has 0 bridgehead atoms. The molecule has 0 saturated carbocycles. The quantitative estimate of drug-likeness (QED) is 0.521. The van der Waals surface area contributed by atoms with Crippen molar-refractivity contribution < 1.29 is 27.4 Å². The number of hydrogen-bond acceptors (Lipinski definition) is 8. The number of ether oxygens (including phenoxy) is 3. The Bertz CT molecular complexity index is 1290. The maximum absolute atomic E-state index is 12.9. The van der Waals surface area contributed by atoms with E-state index in [-0.39, 0.29) is 22.0 Å². The van der Waals surface area contributed by atoms with Gasteiger partial charge in [0, 0.05) is 35.9 Å². The fourth-order valence-corrected chi connectivity index (χ4v) is 5.55. The number of nitrogens with zero attached hydrogens (tertiary/aromatic N) is 1. The van der Waals surface area contributed by atoms with E-state index in [1.54, 1.807) is 5.38 Å². The number of rotatable bonds is 7. The molecule has 1 aromatic heterocycles. The number of hydrogen-bond donors (Lipinski definition) is 2. The van der Waals surface area contributed by atoms with Crippen LogP contribution in [0.2, 0.25) is 0 Å². The van der Waals surface area contributed by atoms with Crippen LogP contribution in [-0.2, 0) is 14.8 Å². The topological polar surface area (TPSA) is 116 Å². The van der Waals surface area contributed by atoms with Gasteiger partial charge in [-0.05, 0) is 30.3 Å². The molecule has 1 atom stereocenters. The summed E-state index contributed by atoms with van der Waals surface area (Å²) in [6, 6.07) is 9.82. The molecule has 33 heavy (non-hydrogen) atoms. The van der Waals surface area contributed by atoms with E-state index in [2.05, 4.69) is 15.0 Å². The van der Waals surface area contributed by atoms with E-state index in [0.717, 1.165) is 11.1 Å². The molecule has 11 heteroatoms. The first-order chi connectivity index (χ1) is 15.8. The first-order valence-corrected chi connectivity index (χ1v) is 12.4. The molecule has 1 unspecified atom stereocenters. The van der Waals surface area contributed by atoms with E-state index in [1.165, 1.54) is 50.7 Å². The summed E-state index contributed by atoms with van der Waals surface area (Å²) in [7, 11) is -0.963. The lowest BCUT2D eigenvalue weighted by atomic mass is 9.97. The predicted molar refractivity (Wildman–Crippen MR) is 125 cm³/mol. The molecule has 1 amide bonds. The van der Waals surface area contributed by atoms with Crippen LogP contribution in [0.3, 0.4) is 0 Å². The molecular weight excluding hydrogens is 466 g/mol. The van der Waals surface area contributed by atoms with Crippen molar-refractivity contribution in [2.75, 3.05) is 25.5 Å². The molecule has 1 aliphatic heterocycles. The Morgan fingerprint density at radius 3 is 2.67 bits per heavy atom. The first-order valence-electron chi connectivity index (χ1n) is 10.1. The number of amides is 1. The van der Waals surface area contributed by atoms with Crippen molar-refractivity contribution in [3.05, 3.63) is 47.3 Å². The Morgan fingerprint density at radius 2 is 1.94 bits per heavy atom. The number of thiazole rings is 1. The summed E-state index contributed by atoms with van der Waals surface area (Å²) >= 11 is 1.17. The average Bonchev–Trinajstić information content (AvgIpc) is 3.26. The van der Waals surface area contributed by atoms with E-state index in [9.17, 15) is 13.2 Å². The number of fused-ring (bicyclic) bond motifs is 1. The van der Waals surface area contributed by atoms with Gasteiger partial charge in [0.15, 0.2) is 16.6 Å². The Morgan fingerprint density at radius 1 is 1.15 bits per heavy atom. The van der Waals surface area contributed by atoms with Crippen LogP contribution in [0.5, 0.6) is 17.2 Å². The zero-order valence-electron chi connectivity index (χ0n) is 18.2. The normalized spacial score (nSPS) is 15.2. The van der Waals surface area contributed by atoms with Gasteiger partial charge in [0.2, 0.25) is 5.91 Å². The monoisotopic (exact) mass is 489 g/mol. The Hall–Kier alpha value is -3.31. The minimum atomic E-state index is -3.88. The Labute approximate surface area is 195 Å². The highest BCUT2D eigenvalue weighted by atomic mass is 32.2. The van der Waals surface area contributed by atoms with Crippen LogP contribution in [0.4, 0.5) is 5.13 Å².